The molecule has 0 saturated heterocycles. The first kappa shape index (κ1) is 13.6. The molecule has 4 nitrogen and oxygen atoms in total. The van der Waals surface area contributed by atoms with E-state index in [1.54, 1.807) is 6.07 Å². The van der Waals surface area contributed by atoms with E-state index in [4.69, 9.17) is 10.5 Å². The summed E-state index contributed by atoms with van der Waals surface area (Å²) in [6.07, 6.45) is 0. The summed E-state index contributed by atoms with van der Waals surface area (Å²) < 4.78 is 1.34. The van der Waals surface area contributed by atoms with Gasteiger partial charge in [0.25, 0.3) is 5.56 Å². The van der Waals surface area contributed by atoms with Crippen LogP contribution in [-0.2, 0) is 6.54 Å². The molecule has 0 spiro atoms. The van der Waals surface area contributed by atoms with E-state index < -0.39 is 5.56 Å². The molecule has 0 N–H and O–H groups in total. The monoisotopic (exact) mass is 263 g/mol. The first-order chi connectivity index (χ1) is 9.58. The summed E-state index contributed by atoms with van der Waals surface area (Å²) in [5, 5.41) is 17.8. The Hall–Kier alpha value is -2.85. The van der Waals surface area contributed by atoms with Crippen molar-refractivity contribution in [2.75, 3.05) is 0 Å². The summed E-state index contributed by atoms with van der Waals surface area (Å²) in [5.41, 5.74) is 3.34. The van der Waals surface area contributed by atoms with Crippen LogP contribution in [0.4, 0.5) is 0 Å². The zero-order valence-corrected chi connectivity index (χ0v) is 11.3. The van der Waals surface area contributed by atoms with Gasteiger partial charge in [-0.05, 0) is 31.5 Å². The van der Waals surface area contributed by atoms with E-state index in [0.29, 0.717) is 5.69 Å². The molecule has 0 atom stereocenters. The summed E-state index contributed by atoms with van der Waals surface area (Å²) >= 11 is 0. The summed E-state index contributed by atoms with van der Waals surface area (Å²) in [5.74, 6) is 0. The topological polar surface area (TPSA) is 69.6 Å². The van der Waals surface area contributed by atoms with Crippen molar-refractivity contribution in [2.45, 2.75) is 20.4 Å². The van der Waals surface area contributed by atoms with E-state index in [1.807, 2.05) is 44.2 Å². The zero-order valence-electron chi connectivity index (χ0n) is 11.3. The molecule has 0 unspecified atom stereocenters. The van der Waals surface area contributed by atoms with E-state index in [2.05, 4.69) is 0 Å². The number of hydrogen-bond acceptors (Lipinski definition) is 3. The lowest BCUT2D eigenvalue weighted by atomic mass is 10.0. The molecule has 1 aromatic heterocycles. The summed E-state index contributed by atoms with van der Waals surface area (Å²) in [7, 11) is 0. The third-order valence-electron chi connectivity index (χ3n) is 3.18. The number of aromatic nitrogens is 1. The number of pyridine rings is 1. The van der Waals surface area contributed by atoms with Crippen molar-refractivity contribution >= 4 is 0 Å². The molecule has 0 aliphatic carbocycles. The van der Waals surface area contributed by atoms with Crippen LogP contribution in [0.25, 0.3) is 11.3 Å². The van der Waals surface area contributed by atoms with Gasteiger partial charge in [-0.1, -0.05) is 23.8 Å². The number of rotatable bonds is 2. The average molecular weight is 263 g/mol. The smallest absolute Gasteiger partial charge is 0.269 e. The van der Waals surface area contributed by atoms with Crippen LogP contribution in [0.5, 0.6) is 0 Å². The fourth-order valence-corrected chi connectivity index (χ4v) is 2.23. The molecule has 0 bridgehead atoms. The largest absolute Gasteiger partial charge is 0.293 e. The fourth-order valence-electron chi connectivity index (χ4n) is 2.23. The lowest BCUT2D eigenvalue weighted by Gasteiger charge is -2.13. The number of nitriles is 2. The fraction of sp³-hybridized carbons (Fsp3) is 0.188. The normalized spacial score (nSPS) is 9.80. The van der Waals surface area contributed by atoms with Crippen molar-refractivity contribution < 1.29 is 0 Å². The maximum absolute atomic E-state index is 12.2. The molecular formula is C16H13N3O. The minimum atomic E-state index is -0.425. The van der Waals surface area contributed by atoms with Crippen LogP contribution >= 0.6 is 0 Å². The second kappa shape index (κ2) is 5.42. The Morgan fingerprint density at radius 2 is 1.90 bits per heavy atom. The van der Waals surface area contributed by atoms with E-state index in [9.17, 15) is 4.79 Å². The van der Waals surface area contributed by atoms with Gasteiger partial charge in [0.15, 0.2) is 0 Å². The van der Waals surface area contributed by atoms with Crippen LogP contribution < -0.4 is 5.56 Å². The molecule has 98 valence electrons. The van der Waals surface area contributed by atoms with Gasteiger partial charge in [-0.2, -0.15) is 10.5 Å². The Balaban J connectivity index is 2.75. The van der Waals surface area contributed by atoms with Gasteiger partial charge in [0, 0.05) is 5.56 Å². The Kier molecular flexibility index (Phi) is 3.68. The van der Waals surface area contributed by atoms with Gasteiger partial charge in [0.1, 0.15) is 18.2 Å². The minimum Gasteiger partial charge on any atom is -0.293 e. The van der Waals surface area contributed by atoms with Gasteiger partial charge >= 0.3 is 0 Å². The van der Waals surface area contributed by atoms with Crippen molar-refractivity contribution in [1.82, 2.24) is 4.57 Å². The van der Waals surface area contributed by atoms with E-state index in [1.165, 1.54) is 10.6 Å². The Labute approximate surface area is 117 Å². The second-order valence-corrected chi connectivity index (χ2v) is 4.61. The Bertz CT molecular complexity index is 804. The quantitative estimate of drug-likeness (QED) is 0.836. The number of hydrogen-bond donors (Lipinski definition) is 0. The maximum atomic E-state index is 12.2. The highest BCUT2D eigenvalue weighted by Crippen LogP contribution is 2.23. The Morgan fingerprint density at radius 3 is 2.50 bits per heavy atom. The highest BCUT2D eigenvalue weighted by molar-refractivity contribution is 5.65. The van der Waals surface area contributed by atoms with Gasteiger partial charge in [-0.25, -0.2) is 0 Å². The van der Waals surface area contributed by atoms with Crippen molar-refractivity contribution in [1.29, 1.82) is 10.5 Å². The summed E-state index contributed by atoms with van der Waals surface area (Å²) in [4.78, 5) is 12.2. The number of aryl methyl sites for hydroxylation is 2. The van der Waals surface area contributed by atoms with Crippen LogP contribution in [0.15, 0.2) is 35.1 Å². The molecule has 2 aromatic rings. The lowest BCUT2D eigenvalue weighted by Crippen LogP contribution is -2.23. The van der Waals surface area contributed by atoms with Gasteiger partial charge in [-0.3, -0.25) is 9.36 Å². The third-order valence-corrected chi connectivity index (χ3v) is 3.18. The molecule has 0 aliphatic rings. The van der Waals surface area contributed by atoms with Gasteiger partial charge < -0.3 is 0 Å². The van der Waals surface area contributed by atoms with Crippen LogP contribution in [0.2, 0.25) is 0 Å². The minimum absolute atomic E-state index is 0.0498. The van der Waals surface area contributed by atoms with Gasteiger partial charge in [0.05, 0.1) is 11.8 Å². The highest BCUT2D eigenvalue weighted by Gasteiger charge is 2.11. The molecule has 0 amide bonds. The summed E-state index contributed by atoms with van der Waals surface area (Å²) in [6.45, 7) is 3.89. The number of nitrogens with zero attached hydrogens (tertiary/aromatic N) is 3. The third kappa shape index (κ3) is 2.32. The molecule has 1 heterocycles. The second-order valence-electron chi connectivity index (χ2n) is 4.61. The summed E-state index contributed by atoms with van der Waals surface area (Å²) in [6, 6.07) is 13.0. The van der Waals surface area contributed by atoms with Crippen LogP contribution in [-0.4, -0.2) is 4.57 Å². The first-order valence-corrected chi connectivity index (χ1v) is 6.17. The van der Waals surface area contributed by atoms with Crippen molar-refractivity contribution in [3.8, 4) is 23.4 Å². The maximum Gasteiger partial charge on any atom is 0.269 e. The molecule has 20 heavy (non-hydrogen) atoms. The van der Waals surface area contributed by atoms with Crippen LogP contribution in [0, 0.1) is 36.5 Å². The molecule has 4 heteroatoms. The van der Waals surface area contributed by atoms with E-state index >= 15 is 0 Å². The predicted octanol–water partition coefficient (Wildman–Crippen LogP) is 2.53. The van der Waals surface area contributed by atoms with E-state index in [0.717, 1.165) is 16.7 Å². The molecule has 0 radical (unpaired) electrons. The van der Waals surface area contributed by atoms with Gasteiger partial charge in [-0.15, -0.1) is 0 Å². The van der Waals surface area contributed by atoms with Crippen molar-refractivity contribution in [3.63, 3.8) is 0 Å². The first-order valence-electron chi connectivity index (χ1n) is 6.17. The standard InChI is InChI=1S/C16H13N3O/c1-11-3-5-14(12(2)9-11)15-6-4-13(10-18)16(20)19(15)8-7-17/h3-6,9H,8H2,1-2H3. The van der Waals surface area contributed by atoms with Crippen molar-refractivity contribution in [3.05, 3.63) is 57.4 Å². The van der Waals surface area contributed by atoms with Crippen molar-refractivity contribution in [2.24, 2.45) is 0 Å². The predicted molar refractivity (Wildman–Crippen MR) is 75.9 cm³/mol. The Morgan fingerprint density at radius 1 is 1.15 bits per heavy atom. The SMILES string of the molecule is Cc1ccc(-c2ccc(C#N)c(=O)n2CC#N)c(C)c1. The zero-order chi connectivity index (χ0) is 14.7. The molecule has 0 fully saturated rings. The van der Waals surface area contributed by atoms with E-state index in [-0.39, 0.29) is 12.1 Å². The molecule has 1 aromatic carbocycles. The van der Waals surface area contributed by atoms with Crippen LogP contribution in [0.1, 0.15) is 16.7 Å². The molecular weight excluding hydrogens is 250 g/mol. The average Bonchev–Trinajstić information content (AvgIpc) is 2.42. The highest BCUT2D eigenvalue weighted by atomic mass is 16.1. The van der Waals surface area contributed by atoms with Crippen LogP contribution in [0.3, 0.4) is 0 Å². The molecule has 0 saturated carbocycles. The number of benzene rings is 1. The van der Waals surface area contributed by atoms with Gasteiger partial charge in [0.2, 0.25) is 0 Å². The molecule has 2 rings (SSSR count). The molecule has 0 aliphatic heterocycles. The lowest BCUT2D eigenvalue weighted by molar-refractivity contribution is 0.794.